The third-order valence-corrected chi connectivity index (χ3v) is 3.12. The smallest absolute Gasteiger partial charge is 0.190 e. The molecule has 2 N–H and O–H groups in total. The van der Waals surface area contributed by atoms with Gasteiger partial charge in [0.2, 0.25) is 0 Å². The second kappa shape index (κ2) is 8.35. The van der Waals surface area contributed by atoms with Crippen LogP contribution in [0.5, 0.6) is 0 Å². The fraction of sp³-hybridized carbons (Fsp3) is 0.500. The third kappa shape index (κ3) is 5.76. The Morgan fingerprint density at radius 3 is 2.68 bits per heavy atom. The van der Waals surface area contributed by atoms with Crippen molar-refractivity contribution in [1.29, 1.82) is 0 Å². The molecule has 2 rings (SSSR count). The molecular formula is C14H21FIN3. The molecule has 19 heavy (non-hydrogen) atoms. The first-order valence-electron chi connectivity index (χ1n) is 6.47. The van der Waals surface area contributed by atoms with Gasteiger partial charge < -0.3 is 10.6 Å². The summed E-state index contributed by atoms with van der Waals surface area (Å²) in [5.74, 6) is 1.48. The average Bonchev–Trinajstić information content (AvgIpc) is 3.19. The van der Waals surface area contributed by atoms with Crippen molar-refractivity contribution in [3.63, 3.8) is 0 Å². The maximum Gasteiger partial charge on any atom is 0.190 e. The Labute approximate surface area is 131 Å². The lowest BCUT2D eigenvalue weighted by molar-refractivity contribution is 0.606. The van der Waals surface area contributed by atoms with Crippen LogP contribution in [0.1, 0.15) is 18.4 Å². The number of nitrogens with one attached hydrogen (secondary N) is 2. The van der Waals surface area contributed by atoms with Gasteiger partial charge in [-0.3, -0.25) is 4.99 Å². The van der Waals surface area contributed by atoms with Gasteiger partial charge in [-0.1, -0.05) is 18.2 Å². The molecule has 106 valence electrons. The van der Waals surface area contributed by atoms with Crippen LogP contribution in [0.3, 0.4) is 0 Å². The van der Waals surface area contributed by atoms with Crippen LogP contribution in [-0.2, 0) is 6.42 Å². The van der Waals surface area contributed by atoms with Gasteiger partial charge in [-0.25, -0.2) is 4.39 Å². The Balaban J connectivity index is 0.00000180. The predicted octanol–water partition coefficient (Wildman–Crippen LogP) is 2.56. The fourth-order valence-corrected chi connectivity index (χ4v) is 1.80. The maximum atomic E-state index is 13.4. The molecule has 0 bridgehead atoms. The molecule has 0 saturated heterocycles. The van der Waals surface area contributed by atoms with Gasteiger partial charge in [0.25, 0.3) is 0 Å². The summed E-state index contributed by atoms with van der Waals surface area (Å²) >= 11 is 0. The molecule has 3 nitrogen and oxygen atoms in total. The van der Waals surface area contributed by atoms with E-state index in [-0.39, 0.29) is 29.8 Å². The van der Waals surface area contributed by atoms with E-state index in [0.717, 1.165) is 24.0 Å². The molecule has 1 aromatic rings. The highest BCUT2D eigenvalue weighted by molar-refractivity contribution is 14.0. The largest absolute Gasteiger partial charge is 0.356 e. The van der Waals surface area contributed by atoms with Crippen LogP contribution in [0.2, 0.25) is 0 Å². The summed E-state index contributed by atoms with van der Waals surface area (Å²) < 4.78 is 13.4. The zero-order chi connectivity index (χ0) is 12.8. The molecule has 0 atom stereocenters. The van der Waals surface area contributed by atoms with Crippen LogP contribution < -0.4 is 10.6 Å². The Morgan fingerprint density at radius 1 is 1.32 bits per heavy atom. The van der Waals surface area contributed by atoms with Gasteiger partial charge in [-0.15, -0.1) is 24.0 Å². The Kier molecular flexibility index (Phi) is 7.12. The predicted molar refractivity (Wildman–Crippen MR) is 87.6 cm³/mol. The van der Waals surface area contributed by atoms with E-state index in [1.165, 1.54) is 18.9 Å². The summed E-state index contributed by atoms with van der Waals surface area (Å²) in [6.07, 6.45) is 3.30. The van der Waals surface area contributed by atoms with Gasteiger partial charge in [0.15, 0.2) is 5.96 Å². The van der Waals surface area contributed by atoms with Crippen molar-refractivity contribution in [2.75, 3.05) is 20.1 Å². The standard InChI is InChI=1S/C14H20FN3.HI/c1-16-14(18-10-11-6-7-11)17-9-8-12-4-2-3-5-13(12)15;/h2-5,11H,6-10H2,1H3,(H2,16,17,18);1H. The minimum atomic E-state index is -0.139. The lowest BCUT2D eigenvalue weighted by Crippen LogP contribution is -2.39. The highest BCUT2D eigenvalue weighted by Gasteiger charge is 2.20. The van der Waals surface area contributed by atoms with Gasteiger partial charge in [0.05, 0.1) is 0 Å². The van der Waals surface area contributed by atoms with E-state index in [1.54, 1.807) is 13.1 Å². The minimum absolute atomic E-state index is 0. The molecule has 0 unspecified atom stereocenters. The fourth-order valence-electron chi connectivity index (χ4n) is 1.80. The number of benzene rings is 1. The van der Waals surface area contributed by atoms with Crippen LogP contribution in [0, 0.1) is 11.7 Å². The zero-order valence-corrected chi connectivity index (χ0v) is 13.5. The lowest BCUT2D eigenvalue weighted by Gasteiger charge is -2.11. The number of aliphatic imine (C=N–C) groups is 1. The molecule has 0 aromatic heterocycles. The van der Waals surface area contributed by atoms with E-state index >= 15 is 0 Å². The summed E-state index contributed by atoms with van der Waals surface area (Å²) in [7, 11) is 1.76. The molecule has 1 saturated carbocycles. The SMILES string of the molecule is CN=C(NCCc1ccccc1F)NCC1CC1.I. The van der Waals surface area contributed by atoms with Crippen LogP contribution in [0.15, 0.2) is 29.3 Å². The molecule has 0 radical (unpaired) electrons. The van der Waals surface area contributed by atoms with Crippen LogP contribution in [-0.4, -0.2) is 26.1 Å². The first-order chi connectivity index (χ1) is 8.79. The molecule has 0 aliphatic heterocycles. The molecule has 5 heteroatoms. The zero-order valence-electron chi connectivity index (χ0n) is 11.2. The van der Waals surface area contributed by atoms with Crippen molar-refractivity contribution in [3.8, 4) is 0 Å². The van der Waals surface area contributed by atoms with Gasteiger partial charge in [0, 0.05) is 20.1 Å². The molecule has 0 amide bonds. The highest BCUT2D eigenvalue weighted by atomic mass is 127. The van der Waals surface area contributed by atoms with Crippen LogP contribution in [0.4, 0.5) is 4.39 Å². The first kappa shape index (κ1) is 16.2. The quantitative estimate of drug-likeness (QED) is 0.470. The van der Waals surface area contributed by atoms with E-state index in [0.29, 0.717) is 13.0 Å². The summed E-state index contributed by atoms with van der Waals surface area (Å²) in [5.41, 5.74) is 0.739. The Bertz CT molecular complexity index is 419. The lowest BCUT2D eigenvalue weighted by atomic mass is 10.1. The topological polar surface area (TPSA) is 36.4 Å². The number of nitrogens with zero attached hydrogens (tertiary/aromatic N) is 1. The van der Waals surface area contributed by atoms with Crippen LogP contribution >= 0.6 is 24.0 Å². The number of guanidine groups is 1. The van der Waals surface area contributed by atoms with Crippen molar-refractivity contribution in [1.82, 2.24) is 10.6 Å². The van der Waals surface area contributed by atoms with Gasteiger partial charge in [0.1, 0.15) is 5.82 Å². The van der Waals surface area contributed by atoms with Gasteiger partial charge in [-0.05, 0) is 36.8 Å². The van der Waals surface area contributed by atoms with Crippen molar-refractivity contribution >= 4 is 29.9 Å². The van der Waals surface area contributed by atoms with Gasteiger partial charge >= 0.3 is 0 Å². The Hall–Kier alpha value is -0.850. The molecule has 1 aliphatic carbocycles. The first-order valence-corrected chi connectivity index (χ1v) is 6.47. The monoisotopic (exact) mass is 377 g/mol. The highest BCUT2D eigenvalue weighted by Crippen LogP contribution is 2.27. The third-order valence-electron chi connectivity index (χ3n) is 3.12. The summed E-state index contributed by atoms with van der Waals surface area (Å²) in [4.78, 5) is 4.14. The van der Waals surface area contributed by atoms with Crippen molar-refractivity contribution in [3.05, 3.63) is 35.6 Å². The summed E-state index contributed by atoms with van der Waals surface area (Å²) in [5, 5.41) is 6.48. The maximum absolute atomic E-state index is 13.4. The van der Waals surface area contributed by atoms with E-state index in [4.69, 9.17) is 0 Å². The number of hydrogen-bond acceptors (Lipinski definition) is 1. The minimum Gasteiger partial charge on any atom is -0.356 e. The van der Waals surface area contributed by atoms with Crippen molar-refractivity contribution in [2.45, 2.75) is 19.3 Å². The number of hydrogen-bond donors (Lipinski definition) is 2. The van der Waals surface area contributed by atoms with Crippen molar-refractivity contribution in [2.24, 2.45) is 10.9 Å². The van der Waals surface area contributed by atoms with E-state index in [1.807, 2.05) is 12.1 Å². The molecule has 1 fully saturated rings. The van der Waals surface area contributed by atoms with Crippen LogP contribution in [0.25, 0.3) is 0 Å². The molecule has 1 aliphatic rings. The number of rotatable bonds is 5. The number of halogens is 2. The molecule has 1 aromatic carbocycles. The van der Waals surface area contributed by atoms with Gasteiger partial charge in [-0.2, -0.15) is 0 Å². The average molecular weight is 377 g/mol. The molecule has 0 heterocycles. The second-order valence-corrected chi connectivity index (χ2v) is 4.66. The van der Waals surface area contributed by atoms with E-state index in [9.17, 15) is 4.39 Å². The normalized spacial score (nSPS) is 14.7. The summed E-state index contributed by atoms with van der Waals surface area (Å²) in [6.45, 7) is 1.67. The Morgan fingerprint density at radius 2 is 2.05 bits per heavy atom. The summed E-state index contributed by atoms with van der Waals surface area (Å²) in [6, 6.07) is 6.88. The van der Waals surface area contributed by atoms with Crippen molar-refractivity contribution < 1.29 is 4.39 Å². The molecular weight excluding hydrogens is 356 g/mol. The molecule has 0 spiro atoms. The van der Waals surface area contributed by atoms with E-state index < -0.39 is 0 Å². The second-order valence-electron chi connectivity index (χ2n) is 4.66. The van der Waals surface area contributed by atoms with E-state index in [2.05, 4.69) is 15.6 Å².